The van der Waals surface area contributed by atoms with Crippen molar-refractivity contribution in [1.82, 2.24) is 5.43 Å². The van der Waals surface area contributed by atoms with Crippen molar-refractivity contribution in [1.29, 1.82) is 0 Å². The Kier molecular flexibility index (Phi) is 4.79. The predicted octanol–water partition coefficient (Wildman–Crippen LogP) is 3.04. The maximum Gasteiger partial charge on any atom is 0.243 e. The Labute approximate surface area is 141 Å². The van der Waals surface area contributed by atoms with Gasteiger partial charge in [0.1, 0.15) is 0 Å². The van der Waals surface area contributed by atoms with Crippen LogP contribution in [0.15, 0.2) is 53.6 Å². The topological polar surface area (TPSA) is 70.9 Å². The molecule has 0 unspecified atom stereocenters. The second-order valence-corrected chi connectivity index (χ2v) is 5.75. The average molecular weight is 324 g/mol. The van der Waals surface area contributed by atoms with Crippen LogP contribution in [-0.4, -0.2) is 23.8 Å². The SMILES string of the molecule is CCOc1cc(C=NNC(=O)[C@H]2C[C@@H]2c2ccccc2)ccc1O. The third-order valence-electron chi connectivity index (χ3n) is 4.03. The highest BCUT2D eigenvalue weighted by molar-refractivity contribution is 5.86. The molecule has 2 N–H and O–H groups in total. The third kappa shape index (κ3) is 3.74. The highest BCUT2D eigenvalue weighted by Crippen LogP contribution is 2.47. The molecule has 0 spiro atoms. The molecule has 2 aromatic carbocycles. The fraction of sp³-hybridized carbons (Fsp3) is 0.263. The van der Waals surface area contributed by atoms with Crippen LogP contribution in [0.5, 0.6) is 11.5 Å². The summed E-state index contributed by atoms with van der Waals surface area (Å²) in [6.45, 7) is 2.31. The molecule has 1 aliphatic rings. The van der Waals surface area contributed by atoms with E-state index in [1.165, 1.54) is 5.56 Å². The molecule has 0 bridgehead atoms. The second kappa shape index (κ2) is 7.17. The lowest BCUT2D eigenvalue weighted by molar-refractivity contribution is -0.122. The zero-order valence-electron chi connectivity index (χ0n) is 13.5. The number of hydrazone groups is 1. The molecule has 24 heavy (non-hydrogen) atoms. The van der Waals surface area contributed by atoms with Crippen LogP contribution in [0.25, 0.3) is 0 Å². The van der Waals surface area contributed by atoms with E-state index in [-0.39, 0.29) is 17.6 Å². The predicted molar refractivity (Wildman–Crippen MR) is 92.3 cm³/mol. The minimum absolute atomic E-state index is 0.0108. The zero-order chi connectivity index (χ0) is 16.9. The van der Waals surface area contributed by atoms with Crippen molar-refractivity contribution in [2.75, 3.05) is 6.61 Å². The molecule has 5 heteroatoms. The maximum atomic E-state index is 12.1. The van der Waals surface area contributed by atoms with Gasteiger partial charge in [-0.2, -0.15) is 5.10 Å². The lowest BCUT2D eigenvalue weighted by Gasteiger charge is -2.06. The van der Waals surface area contributed by atoms with Crippen LogP contribution in [-0.2, 0) is 4.79 Å². The van der Waals surface area contributed by atoms with Crippen molar-refractivity contribution in [3.8, 4) is 11.5 Å². The normalized spacial score (nSPS) is 19.2. The van der Waals surface area contributed by atoms with Gasteiger partial charge in [0.25, 0.3) is 0 Å². The van der Waals surface area contributed by atoms with Gasteiger partial charge < -0.3 is 9.84 Å². The largest absolute Gasteiger partial charge is 0.504 e. The van der Waals surface area contributed by atoms with Gasteiger partial charge in [-0.15, -0.1) is 0 Å². The van der Waals surface area contributed by atoms with E-state index in [0.29, 0.717) is 18.3 Å². The Morgan fingerprint density at radius 3 is 2.88 bits per heavy atom. The van der Waals surface area contributed by atoms with Crippen LogP contribution in [0, 0.1) is 5.92 Å². The standard InChI is InChI=1S/C19H20N2O3/c1-2-24-18-10-13(8-9-17(18)22)12-20-21-19(23)16-11-15(16)14-6-4-3-5-7-14/h3-10,12,15-16,22H,2,11H2,1H3,(H,21,23)/t15-,16+/m1/s1. The molecule has 1 saturated carbocycles. The summed E-state index contributed by atoms with van der Waals surface area (Å²) < 4.78 is 5.32. The average Bonchev–Trinajstić information content (AvgIpc) is 3.39. The molecule has 3 rings (SSSR count). The maximum absolute atomic E-state index is 12.1. The van der Waals surface area contributed by atoms with Crippen molar-refractivity contribution in [3.63, 3.8) is 0 Å². The van der Waals surface area contributed by atoms with Crippen LogP contribution < -0.4 is 10.2 Å². The molecule has 0 radical (unpaired) electrons. The Morgan fingerprint density at radius 1 is 1.33 bits per heavy atom. The van der Waals surface area contributed by atoms with Crippen LogP contribution in [0.1, 0.15) is 30.4 Å². The summed E-state index contributed by atoms with van der Waals surface area (Å²) in [5.74, 6) is 0.702. The Morgan fingerprint density at radius 2 is 2.12 bits per heavy atom. The van der Waals surface area contributed by atoms with Gasteiger partial charge in [0.2, 0.25) is 5.91 Å². The van der Waals surface area contributed by atoms with Crippen molar-refractivity contribution in [3.05, 3.63) is 59.7 Å². The number of hydrogen-bond donors (Lipinski definition) is 2. The summed E-state index contributed by atoms with van der Waals surface area (Å²) in [4.78, 5) is 12.1. The van der Waals surface area contributed by atoms with Crippen molar-refractivity contribution < 1.29 is 14.6 Å². The van der Waals surface area contributed by atoms with Crippen LogP contribution in [0.3, 0.4) is 0 Å². The molecule has 5 nitrogen and oxygen atoms in total. The first-order valence-corrected chi connectivity index (χ1v) is 8.02. The number of nitrogens with zero attached hydrogens (tertiary/aromatic N) is 1. The quantitative estimate of drug-likeness (QED) is 0.634. The van der Waals surface area contributed by atoms with Gasteiger partial charge in [-0.05, 0) is 48.6 Å². The smallest absolute Gasteiger partial charge is 0.243 e. The molecule has 0 aromatic heterocycles. The van der Waals surface area contributed by atoms with E-state index >= 15 is 0 Å². The highest BCUT2D eigenvalue weighted by atomic mass is 16.5. The van der Waals surface area contributed by atoms with E-state index in [0.717, 1.165) is 12.0 Å². The third-order valence-corrected chi connectivity index (χ3v) is 4.03. The number of amides is 1. The fourth-order valence-corrected chi connectivity index (χ4v) is 2.69. The van der Waals surface area contributed by atoms with Crippen LogP contribution >= 0.6 is 0 Å². The minimum atomic E-state index is -0.0658. The van der Waals surface area contributed by atoms with Crippen molar-refractivity contribution in [2.45, 2.75) is 19.3 Å². The van der Waals surface area contributed by atoms with Gasteiger partial charge >= 0.3 is 0 Å². The first kappa shape index (κ1) is 16.1. The number of ether oxygens (including phenoxy) is 1. The van der Waals surface area contributed by atoms with Crippen LogP contribution in [0.4, 0.5) is 0 Å². The minimum Gasteiger partial charge on any atom is -0.504 e. The summed E-state index contributed by atoms with van der Waals surface area (Å²) in [5, 5.41) is 13.7. The monoisotopic (exact) mass is 324 g/mol. The molecule has 1 amide bonds. The summed E-state index contributed by atoms with van der Waals surface area (Å²) in [7, 11) is 0. The molecule has 2 aromatic rings. The molecule has 1 aliphatic carbocycles. The summed E-state index contributed by atoms with van der Waals surface area (Å²) >= 11 is 0. The Balaban J connectivity index is 1.55. The number of aromatic hydroxyl groups is 1. The van der Waals surface area contributed by atoms with E-state index in [9.17, 15) is 9.90 Å². The second-order valence-electron chi connectivity index (χ2n) is 5.75. The number of phenolic OH excluding ortho intramolecular Hbond substituents is 1. The molecule has 0 saturated heterocycles. The number of carbonyl (C=O) groups excluding carboxylic acids is 1. The fourth-order valence-electron chi connectivity index (χ4n) is 2.69. The zero-order valence-corrected chi connectivity index (χ0v) is 13.5. The number of hydrogen-bond acceptors (Lipinski definition) is 4. The van der Waals surface area contributed by atoms with E-state index in [4.69, 9.17) is 4.74 Å². The van der Waals surface area contributed by atoms with E-state index < -0.39 is 0 Å². The van der Waals surface area contributed by atoms with Crippen LogP contribution in [0.2, 0.25) is 0 Å². The van der Waals surface area contributed by atoms with Crippen molar-refractivity contribution >= 4 is 12.1 Å². The van der Waals surface area contributed by atoms with Gasteiger partial charge in [-0.1, -0.05) is 30.3 Å². The first-order chi connectivity index (χ1) is 11.7. The molecular formula is C19H20N2O3. The molecule has 124 valence electrons. The number of phenols is 1. The van der Waals surface area contributed by atoms with Gasteiger partial charge in [0.05, 0.1) is 12.8 Å². The summed E-state index contributed by atoms with van der Waals surface area (Å²) in [5.41, 5.74) is 4.52. The first-order valence-electron chi connectivity index (χ1n) is 8.02. The van der Waals surface area contributed by atoms with E-state index in [1.807, 2.05) is 37.3 Å². The lowest BCUT2D eigenvalue weighted by atomic mass is 10.1. The molecule has 0 aliphatic heterocycles. The Bertz CT molecular complexity index is 744. The van der Waals surface area contributed by atoms with Gasteiger partial charge in [-0.3, -0.25) is 4.79 Å². The molecule has 0 heterocycles. The number of benzene rings is 2. The van der Waals surface area contributed by atoms with Gasteiger partial charge in [0.15, 0.2) is 11.5 Å². The summed E-state index contributed by atoms with van der Waals surface area (Å²) in [6, 6.07) is 15.0. The van der Waals surface area contributed by atoms with E-state index in [2.05, 4.69) is 10.5 Å². The Hall–Kier alpha value is -2.82. The summed E-state index contributed by atoms with van der Waals surface area (Å²) in [6.07, 6.45) is 2.40. The molecule has 2 atom stereocenters. The number of carbonyl (C=O) groups is 1. The van der Waals surface area contributed by atoms with Gasteiger partial charge in [-0.25, -0.2) is 5.43 Å². The highest BCUT2D eigenvalue weighted by Gasteiger charge is 2.43. The number of nitrogens with one attached hydrogen (secondary N) is 1. The number of rotatable bonds is 6. The molecule has 1 fully saturated rings. The van der Waals surface area contributed by atoms with E-state index in [1.54, 1.807) is 24.4 Å². The molecular weight excluding hydrogens is 304 g/mol. The lowest BCUT2D eigenvalue weighted by Crippen LogP contribution is -2.20. The van der Waals surface area contributed by atoms with Gasteiger partial charge in [0, 0.05) is 5.92 Å². The van der Waals surface area contributed by atoms with Crippen molar-refractivity contribution in [2.24, 2.45) is 11.0 Å².